The molecule has 1 unspecified atom stereocenters. The highest BCUT2D eigenvalue weighted by Crippen LogP contribution is 2.44. The summed E-state index contributed by atoms with van der Waals surface area (Å²) in [4.78, 5) is 50.8. The van der Waals surface area contributed by atoms with E-state index in [4.69, 9.17) is 52.0 Å². The van der Waals surface area contributed by atoms with E-state index >= 15 is 4.79 Å². The number of carbonyl (C=O) groups is 3. The second-order valence-corrected chi connectivity index (χ2v) is 25.4. The van der Waals surface area contributed by atoms with Crippen molar-refractivity contribution in [1.82, 2.24) is 9.88 Å². The highest BCUT2D eigenvalue weighted by Gasteiger charge is 2.55. The Bertz CT molecular complexity index is 3120. The highest BCUT2D eigenvalue weighted by molar-refractivity contribution is 7.98. The Morgan fingerprint density at radius 1 is 0.782 bits per heavy atom. The van der Waals surface area contributed by atoms with Crippen LogP contribution in [0.4, 0.5) is 0 Å². The van der Waals surface area contributed by atoms with Crippen LogP contribution in [0, 0.1) is 23.7 Å². The molecule has 0 amide bonds. The highest BCUT2D eigenvalue weighted by atomic mass is 32.2. The Hall–Kier alpha value is -5.90. The van der Waals surface area contributed by atoms with Crippen molar-refractivity contribution in [2.75, 3.05) is 27.8 Å². The fourth-order valence-electron chi connectivity index (χ4n) is 12.7. The molecule has 3 aliphatic rings. The molecule has 1 aromatic heterocycles. The predicted octanol–water partition coefficient (Wildman–Crippen LogP) is 11.4. The number of likely N-dealkylation sites (N-methyl/N-ethyl adjacent to an activating group) is 1. The van der Waals surface area contributed by atoms with E-state index < -0.39 is 126 Å². The fourth-order valence-corrected chi connectivity index (χ4v) is 13.6. The lowest BCUT2D eigenvalue weighted by Crippen LogP contribution is -2.62. The molecule has 0 radical (unpaired) electrons. The zero-order valence-electron chi connectivity index (χ0n) is 52.5. The number of para-hydroxylation sites is 1. The summed E-state index contributed by atoms with van der Waals surface area (Å²) in [5.41, 5.74) is -1.61. The minimum atomic E-state index is -1.99. The van der Waals surface area contributed by atoms with E-state index in [0.29, 0.717) is 23.3 Å². The van der Waals surface area contributed by atoms with Crippen LogP contribution < -0.4 is 0 Å². The van der Waals surface area contributed by atoms with Gasteiger partial charge in [0.25, 0.3) is 0 Å². The normalized spacial score (nSPS) is 34.3. The third-order valence-corrected chi connectivity index (χ3v) is 18.5. The molecular weight excluding hydrogens is 1130 g/mol. The summed E-state index contributed by atoms with van der Waals surface area (Å²) in [5.74, 6) is -5.18. The van der Waals surface area contributed by atoms with Crippen molar-refractivity contribution in [3.05, 3.63) is 150 Å². The zero-order valence-corrected chi connectivity index (χ0v) is 53.3. The standard InChI is InChI=1S/C69H89N3O14S/c1-14-55-69(10,77)60(73)44(4)57(71-87-52-33-22-17-23-34-52)42(2)39-68(9,79-36-26-27-48-38-51-32-24-25-35-53(51)70-41-48)61(86-66-59(54(72(11)12)37-43(3)80-66)84-64(75)49-28-18-15-19-29-49)45(5)58(46(6)63(74)82-55)83-56-40-67(8,78-13)62(47(7)81-56)85-65(76)50-30-20-16-21-31-50/h15-35,38,41-47,54-56,58-62,66,73,77H,14,36-37,39-40H2,1-13H3/b27-26+,71-57?/t42-,43-,44+,45+,46-,47+,54+,55-,56?,58+,59-,60-,61-,62+,66+,67-,68+,69-/m1/s1. The summed E-state index contributed by atoms with van der Waals surface area (Å²) in [7, 11) is 5.39. The number of nitrogens with zero attached hydrogens (tertiary/aromatic N) is 3. The van der Waals surface area contributed by atoms with Gasteiger partial charge in [-0.15, -0.1) is 0 Å². The number of methoxy groups -OCH3 is 1. The van der Waals surface area contributed by atoms with Gasteiger partial charge in [-0.2, -0.15) is 0 Å². The summed E-state index contributed by atoms with van der Waals surface area (Å²) in [6.45, 7) is 18.2. The van der Waals surface area contributed by atoms with Crippen LogP contribution in [0.15, 0.2) is 143 Å². The molecule has 470 valence electrons. The van der Waals surface area contributed by atoms with Gasteiger partial charge in [0.05, 0.1) is 71.3 Å². The van der Waals surface area contributed by atoms with Crippen LogP contribution >= 0.6 is 11.9 Å². The van der Waals surface area contributed by atoms with Crippen molar-refractivity contribution in [1.29, 1.82) is 0 Å². The van der Waals surface area contributed by atoms with Crippen LogP contribution in [-0.2, 0) is 47.4 Å². The van der Waals surface area contributed by atoms with E-state index in [1.807, 2.05) is 139 Å². The quantitative estimate of drug-likeness (QED) is 0.0505. The van der Waals surface area contributed by atoms with Crippen LogP contribution in [0.3, 0.4) is 0 Å². The average Bonchev–Trinajstić information content (AvgIpc) is 1.02. The Morgan fingerprint density at radius 2 is 1.40 bits per heavy atom. The monoisotopic (exact) mass is 1220 g/mol. The maximum absolute atomic E-state index is 15.3. The number of benzene rings is 4. The van der Waals surface area contributed by atoms with Gasteiger partial charge < -0.3 is 57.7 Å². The molecule has 2 N–H and O–H groups in total. The van der Waals surface area contributed by atoms with Gasteiger partial charge >= 0.3 is 17.9 Å². The van der Waals surface area contributed by atoms with Crippen molar-refractivity contribution in [2.45, 2.75) is 184 Å². The molecule has 0 aliphatic carbocycles. The van der Waals surface area contributed by atoms with Gasteiger partial charge in [-0.1, -0.05) is 113 Å². The Kier molecular flexibility index (Phi) is 22.8. The molecule has 3 fully saturated rings. The van der Waals surface area contributed by atoms with Gasteiger partial charge in [-0.25, -0.2) is 14.0 Å². The first-order valence-electron chi connectivity index (χ1n) is 30.4. The molecule has 5 aromatic rings. The van der Waals surface area contributed by atoms with Crippen molar-refractivity contribution in [3.8, 4) is 0 Å². The fraction of sp³-hybridized carbons (Fsp3) is 0.522. The number of aliphatic hydroxyl groups excluding tert-OH is 1. The molecule has 0 spiro atoms. The summed E-state index contributed by atoms with van der Waals surface area (Å²) < 4.78 is 66.4. The molecule has 0 saturated carbocycles. The van der Waals surface area contributed by atoms with Gasteiger partial charge in [0.15, 0.2) is 24.8 Å². The Balaban J connectivity index is 1.29. The summed E-state index contributed by atoms with van der Waals surface area (Å²) in [5, 5.41) is 26.1. The van der Waals surface area contributed by atoms with Crippen LogP contribution in [0.25, 0.3) is 17.0 Å². The lowest BCUT2D eigenvalue weighted by Gasteiger charge is -2.50. The molecule has 18 atom stereocenters. The van der Waals surface area contributed by atoms with E-state index in [1.165, 1.54) is 26.0 Å². The van der Waals surface area contributed by atoms with Crippen LogP contribution in [-0.4, -0.2) is 156 Å². The lowest BCUT2D eigenvalue weighted by molar-refractivity contribution is -0.319. The van der Waals surface area contributed by atoms with Gasteiger partial charge in [0, 0.05) is 59.5 Å². The molecule has 87 heavy (non-hydrogen) atoms. The maximum Gasteiger partial charge on any atom is 0.338 e. The molecule has 18 heteroatoms. The number of pyridine rings is 1. The number of esters is 3. The summed E-state index contributed by atoms with van der Waals surface area (Å²) >= 11 is 1.25. The average molecular weight is 1220 g/mol. The van der Waals surface area contributed by atoms with Crippen molar-refractivity contribution >= 4 is 52.5 Å². The third kappa shape index (κ3) is 16.1. The van der Waals surface area contributed by atoms with Crippen LogP contribution in [0.5, 0.6) is 0 Å². The first kappa shape index (κ1) is 67.0. The molecule has 8 rings (SSSR count). The SMILES string of the molecule is CC[C@H]1OC(=O)[C@H](C)[C@@H](OC2C[C@@](C)(OC)[C@@H](OC(=O)c3ccccc3)[C@H](C)O2)[C@H](C)[C@@H](O[C@@H]2O[C@H](C)C[C@H](N(C)C)[C@H]2OC(=O)c2ccccc2)[C@@](C)(OC/C=C/c2cnc3ccccc3c2)C[C@@H](C)C(=NSc2ccccc2)[C@H](C)[C@@H](O)[C@]1(C)O. The molecule has 4 heterocycles. The molecule has 3 aliphatic heterocycles. The first-order chi connectivity index (χ1) is 41.5. The van der Waals surface area contributed by atoms with E-state index in [-0.39, 0.29) is 25.9 Å². The number of aromatic nitrogens is 1. The van der Waals surface area contributed by atoms with Crippen molar-refractivity contribution < 1.29 is 67.2 Å². The number of ether oxygens (including phenoxy) is 9. The minimum Gasteiger partial charge on any atom is -0.459 e. The largest absolute Gasteiger partial charge is 0.459 e. The third-order valence-electron chi connectivity index (χ3n) is 17.7. The van der Waals surface area contributed by atoms with Gasteiger partial charge in [0.2, 0.25) is 0 Å². The number of rotatable bonds is 17. The molecule has 0 bridgehead atoms. The Morgan fingerprint density at radius 3 is 2.03 bits per heavy atom. The number of hydrogen-bond donors (Lipinski definition) is 2. The van der Waals surface area contributed by atoms with Crippen molar-refractivity contribution in [2.24, 2.45) is 28.1 Å². The molecule has 17 nitrogen and oxygen atoms in total. The topological polar surface area (TPSA) is 203 Å². The predicted molar refractivity (Wildman–Crippen MR) is 335 cm³/mol. The molecule has 3 saturated heterocycles. The maximum atomic E-state index is 15.3. The summed E-state index contributed by atoms with van der Waals surface area (Å²) in [6.07, 6.45) is -3.87. The Labute approximate surface area is 517 Å². The van der Waals surface area contributed by atoms with E-state index in [1.54, 1.807) is 75.5 Å². The van der Waals surface area contributed by atoms with E-state index in [9.17, 15) is 19.8 Å². The smallest absolute Gasteiger partial charge is 0.338 e. The number of carbonyl (C=O) groups excluding carboxylic acids is 3. The molecule has 4 aromatic carbocycles. The number of fused-ring (bicyclic) bond motifs is 1. The lowest BCUT2D eigenvalue weighted by atomic mass is 9.73. The second-order valence-electron chi connectivity index (χ2n) is 24.6. The van der Waals surface area contributed by atoms with E-state index in [2.05, 4.69) is 6.07 Å². The van der Waals surface area contributed by atoms with Gasteiger partial charge in [0.1, 0.15) is 17.3 Å². The first-order valence-corrected chi connectivity index (χ1v) is 31.2. The van der Waals surface area contributed by atoms with Gasteiger partial charge in [-0.3, -0.25) is 9.78 Å². The zero-order chi connectivity index (χ0) is 62.8. The van der Waals surface area contributed by atoms with Crippen molar-refractivity contribution in [3.63, 3.8) is 0 Å². The van der Waals surface area contributed by atoms with Crippen LogP contribution in [0.1, 0.15) is 121 Å². The molecular formula is C69H89N3O14S. The van der Waals surface area contributed by atoms with Crippen LogP contribution in [0.2, 0.25) is 0 Å². The number of hydrogen-bond acceptors (Lipinski definition) is 18. The minimum absolute atomic E-state index is 0.0370. The number of aliphatic hydroxyl groups is 2. The number of cyclic esters (lactones) is 1. The summed E-state index contributed by atoms with van der Waals surface area (Å²) in [6, 6.07) is 36.6. The van der Waals surface area contributed by atoms with Gasteiger partial charge in [-0.05, 0) is 135 Å². The van der Waals surface area contributed by atoms with E-state index in [0.717, 1.165) is 21.4 Å². The second kappa shape index (κ2) is 29.6.